The van der Waals surface area contributed by atoms with Gasteiger partial charge in [-0.3, -0.25) is 0 Å². The second kappa shape index (κ2) is 5.93. The lowest BCUT2D eigenvalue weighted by Gasteiger charge is -2.37. The number of morpholine rings is 1. The van der Waals surface area contributed by atoms with Crippen molar-refractivity contribution < 1.29 is 40.2 Å². The van der Waals surface area contributed by atoms with Crippen molar-refractivity contribution in [3.63, 3.8) is 0 Å². The van der Waals surface area contributed by atoms with Crippen molar-refractivity contribution in [2.45, 2.75) is 18.0 Å². The van der Waals surface area contributed by atoms with Gasteiger partial charge in [0.05, 0.1) is 19.5 Å². The zero-order valence-corrected chi connectivity index (χ0v) is 12.4. The Balaban J connectivity index is 2.13. The average molecular weight is 371 g/mol. The van der Waals surface area contributed by atoms with Gasteiger partial charge in [0, 0.05) is 13.1 Å². The maximum Gasteiger partial charge on any atom is 0.443 e. The fourth-order valence-corrected chi connectivity index (χ4v) is 2.25. The minimum atomic E-state index is -5.83. The van der Waals surface area contributed by atoms with Crippen molar-refractivity contribution in [3.05, 3.63) is 24.2 Å². The molecule has 0 amide bonds. The molecule has 1 aromatic heterocycles. The van der Waals surface area contributed by atoms with E-state index < -0.39 is 29.9 Å². The summed E-state index contributed by atoms with van der Waals surface area (Å²) in [5.41, 5.74) is -4.67. The van der Waals surface area contributed by atoms with E-state index in [-0.39, 0.29) is 32.1 Å². The fourth-order valence-electron chi connectivity index (χ4n) is 2.25. The zero-order valence-electron chi connectivity index (χ0n) is 12.4. The molecule has 0 N–H and O–H groups in total. The third-order valence-electron chi connectivity index (χ3n) is 3.51. The van der Waals surface area contributed by atoms with Crippen LogP contribution in [-0.4, -0.2) is 61.1 Å². The van der Waals surface area contributed by atoms with Crippen LogP contribution < -0.4 is 0 Å². The summed E-state index contributed by atoms with van der Waals surface area (Å²) in [6.45, 7) is 0.271. The number of nitrogens with zero attached hydrogens (tertiary/aromatic N) is 3. The van der Waals surface area contributed by atoms with Crippen LogP contribution in [0.15, 0.2) is 32.8 Å². The number of aliphatic imine (C=N–C) groups is 2. The molecule has 0 bridgehead atoms. The van der Waals surface area contributed by atoms with Crippen LogP contribution >= 0.6 is 0 Å². The van der Waals surface area contributed by atoms with Crippen LogP contribution in [-0.2, 0) is 9.47 Å². The van der Waals surface area contributed by atoms with Gasteiger partial charge in [0.15, 0.2) is 5.76 Å². The molecule has 12 heteroatoms. The van der Waals surface area contributed by atoms with Crippen LogP contribution in [0.3, 0.4) is 0 Å². The highest BCUT2D eigenvalue weighted by Gasteiger charge is 2.74. The molecule has 25 heavy (non-hydrogen) atoms. The van der Waals surface area contributed by atoms with Gasteiger partial charge in [-0.15, -0.1) is 0 Å². The minimum Gasteiger partial charge on any atom is -0.459 e. The first-order valence-electron chi connectivity index (χ1n) is 7.02. The van der Waals surface area contributed by atoms with E-state index in [0.717, 1.165) is 17.2 Å². The Morgan fingerprint density at radius 3 is 2.16 bits per heavy atom. The highest BCUT2D eigenvalue weighted by atomic mass is 19.4. The summed E-state index contributed by atoms with van der Waals surface area (Å²) < 4.78 is 95.3. The van der Waals surface area contributed by atoms with Crippen molar-refractivity contribution in [1.82, 2.24) is 4.90 Å². The molecule has 0 spiro atoms. The Bertz CT molecular complexity index is 660. The van der Waals surface area contributed by atoms with E-state index in [2.05, 4.69) is 9.98 Å². The second-order valence-electron chi connectivity index (χ2n) is 5.16. The van der Waals surface area contributed by atoms with E-state index in [1.165, 1.54) is 6.07 Å². The number of halogens is 6. The summed E-state index contributed by atoms with van der Waals surface area (Å²) in [7, 11) is 0. The molecule has 3 heterocycles. The molecular formula is C13H11F6N3O3. The number of ether oxygens (including phenoxy) is 2. The van der Waals surface area contributed by atoms with Gasteiger partial charge in [-0.2, -0.15) is 36.3 Å². The molecule has 138 valence electrons. The van der Waals surface area contributed by atoms with E-state index >= 15 is 0 Å². The summed E-state index contributed by atoms with van der Waals surface area (Å²) in [6, 6.07) is 1.59. The molecular weight excluding hydrogens is 360 g/mol. The molecule has 2 aliphatic rings. The number of amidine groups is 1. The summed E-state index contributed by atoms with van der Waals surface area (Å²) >= 11 is 0. The molecule has 0 atom stereocenters. The standard InChI is InChI=1S/C13H11F6N3O3/c14-12(15,16)11(13(17,18)19)20-9(8-2-1-5-24-8)25-10(21-11)22-3-6-23-7-4-22/h1-2,5H,3-4,6-7H2. The quantitative estimate of drug-likeness (QED) is 0.712. The maximum atomic E-state index is 13.4. The summed E-state index contributed by atoms with van der Waals surface area (Å²) in [6.07, 6.45) is -10.6. The first kappa shape index (κ1) is 17.6. The van der Waals surface area contributed by atoms with Crippen LogP contribution in [0.25, 0.3) is 0 Å². The van der Waals surface area contributed by atoms with Gasteiger partial charge < -0.3 is 18.8 Å². The van der Waals surface area contributed by atoms with Gasteiger partial charge >= 0.3 is 18.0 Å². The molecule has 0 aromatic carbocycles. The Morgan fingerprint density at radius 1 is 1.00 bits per heavy atom. The Hall–Kier alpha value is -2.24. The Morgan fingerprint density at radius 2 is 1.64 bits per heavy atom. The number of hydrogen-bond donors (Lipinski definition) is 0. The normalized spacial score (nSPS) is 21.4. The minimum absolute atomic E-state index is 0.0239. The smallest absolute Gasteiger partial charge is 0.443 e. The van der Waals surface area contributed by atoms with Crippen LogP contribution in [0, 0.1) is 0 Å². The second-order valence-corrected chi connectivity index (χ2v) is 5.16. The van der Waals surface area contributed by atoms with Gasteiger partial charge in [0.1, 0.15) is 0 Å². The topological polar surface area (TPSA) is 59.6 Å². The number of rotatable bonds is 1. The predicted molar refractivity (Wildman–Crippen MR) is 71.0 cm³/mol. The number of alkyl halides is 6. The van der Waals surface area contributed by atoms with E-state index in [4.69, 9.17) is 13.9 Å². The maximum absolute atomic E-state index is 13.4. The molecule has 6 nitrogen and oxygen atoms in total. The largest absolute Gasteiger partial charge is 0.459 e. The summed E-state index contributed by atoms with van der Waals surface area (Å²) in [5, 5.41) is 0. The molecule has 0 unspecified atom stereocenters. The van der Waals surface area contributed by atoms with Crippen molar-refractivity contribution in [2.24, 2.45) is 9.98 Å². The van der Waals surface area contributed by atoms with Gasteiger partial charge in [0.2, 0.25) is 0 Å². The molecule has 2 aliphatic heterocycles. The summed E-state index contributed by atoms with van der Waals surface area (Å²) in [5.74, 6) is -1.32. The number of hydrogen-bond acceptors (Lipinski definition) is 6. The van der Waals surface area contributed by atoms with E-state index in [9.17, 15) is 26.3 Å². The Labute approximate surface area is 136 Å². The van der Waals surface area contributed by atoms with Crippen LogP contribution in [0.2, 0.25) is 0 Å². The van der Waals surface area contributed by atoms with Crippen LogP contribution in [0.4, 0.5) is 26.3 Å². The molecule has 1 aromatic rings. The van der Waals surface area contributed by atoms with Crippen molar-refractivity contribution >= 4 is 11.9 Å². The highest BCUT2D eigenvalue weighted by molar-refractivity contribution is 6.01. The van der Waals surface area contributed by atoms with E-state index in [0.29, 0.717) is 0 Å². The first-order chi connectivity index (χ1) is 11.6. The molecule has 0 saturated carbocycles. The molecule has 0 aliphatic carbocycles. The van der Waals surface area contributed by atoms with Gasteiger partial charge in [-0.25, -0.2) is 0 Å². The van der Waals surface area contributed by atoms with E-state index in [1.807, 2.05) is 0 Å². The lowest BCUT2D eigenvalue weighted by atomic mass is 10.1. The van der Waals surface area contributed by atoms with Gasteiger partial charge in [-0.05, 0) is 12.1 Å². The Kier molecular flexibility index (Phi) is 4.17. The highest BCUT2D eigenvalue weighted by Crippen LogP contribution is 2.48. The first-order valence-corrected chi connectivity index (χ1v) is 7.02. The summed E-state index contributed by atoms with van der Waals surface area (Å²) in [4.78, 5) is 6.71. The number of furan rings is 1. The third kappa shape index (κ3) is 3.05. The van der Waals surface area contributed by atoms with Crippen molar-refractivity contribution in [2.75, 3.05) is 26.3 Å². The van der Waals surface area contributed by atoms with Crippen LogP contribution in [0.1, 0.15) is 5.76 Å². The fraction of sp³-hybridized carbons (Fsp3) is 0.538. The van der Waals surface area contributed by atoms with Gasteiger partial charge in [0.25, 0.3) is 11.9 Å². The molecule has 1 saturated heterocycles. The lowest BCUT2D eigenvalue weighted by Crippen LogP contribution is -2.58. The van der Waals surface area contributed by atoms with Crippen molar-refractivity contribution in [3.8, 4) is 0 Å². The SMILES string of the molecule is FC(F)(F)C1(C(F)(F)F)N=C(c2ccco2)OC(N2CCOCC2)=N1. The van der Waals surface area contributed by atoms with Gasteiger partial charge in [-0.1, -0.05) is 0 Å². The van der Waals surface area contributed by atoms with Crippen LogP contribution in [0.5, 0.6) is 0 Å². The zero-order chi connectivity index (χ0) is 18.3. The monoisotopic (exact) mass is 371 g/mol. The molecule has 0 radical (unpaired) electrons. The average Bonchev–Trinajstić information content (AvgIpc) is 3.07. The third-order valence-corrected chi connectivity index (χ3v) is 3.51. The lowest BCUT2D eigenvalue weighted by molar-refractivity contribution is -0.293. The van der Waals surface area contributed by atoms with E-state index in [1.54, 1.807) is 0 Å². The molecule has 3 rings (SSSR count). The molecule has 1 fully saturated rings. The predicted octanol–water partition coefficient (Wildman–Crippen LogP) is 2.57. The van der Waals surface area contributed by atoms with Crippen molar-refractivity contribution in [1.29, 1.82) is 0 Å².